The van der Waals surface area contributed by atoms with Gasteiger partial charge in [0.25, 0.3) is 0 Å². The fourth-order valence-corrected chi connectivity index (χ4v) is 2.18. The highest BCUT2D eigenvalue weighted by Gasteiger charge is 2.33. The van der Waals surface area contributed by atoms with Crippen LogP contribution in [0.3, 0.4) is 0 Å². The van der Waals surface area contributed by atoms with Gasteiger partial charge in [-0.15, -0.1) is 24.8 Å². The molecule has 0 spiro atoms. The molecule has 0 bridgehead atoms. The Hall–Kier alpha value is -0.0300. The molecule has 0 aromatic rings. The van der Waals surface area contributed by atoms with Crippen molar-refractivity contribution in [2.75, 3.05) is 20.1 Å². The molecule has 1 aliphatic rings. The van der Waals surface area contributed by atoms with Crippen LogP contribution in [0.1, 0.15) is 39.5 Å². The SMILES string of the molecule is CC(C)N(C)CC(=O)NC1(CN)CCCC1.Cl.Cl. The van der Waals surface area contributed by atoms with Gasteiger partial charge in [-0.05, 0) is 33.7 Å². The van der Waals surface area contributed by atoms with Crippen LogP contribution in [0.2, 0.25) is 0 Å². The van der Waals surface area contributed by atoms with Gasteiger partial charge in [-0.3, -0.25) is 9.69 Å². The van der Waals surface area contributed by atoms with E-state index in [9.17, 15) is 4.79 Å². The number of carbonyl (C=O) groups is 1. The Balaban J connectivity index is 0. The summed E-state index contributed by atoms with van der Waals surface area (Å²) in [6.45, 7) is 5.19. The van der Waals surface area contributed by atoms with Gasteiger partial charge >= 0.3 is 0 Å². The van der Waals surface area contributed by atoms with Gasteiger partial charge in [-0.1, -0.05) is 12.8 Å². The summed E-state index contributed by atoms with van der Waals surface area (Å²) in [4.78, 5) is 13.9. The summed E-state index contributed by atoms with van der Waals surface area (Å²) in [6, 6.07) is 0.392. The average Bonchev–Trinajstić information content (AvgIpc) is 2.66. The first-order chi connectivity index (χ1) is 7.49. The molecule has 3 N–H and O–H groups in total. The van der Waals surface area contributed by atoms with E-state index >= 15 is 0 Å². The van der Waals surface area contributed by atoms with Crippen LogP contribution in [0.4, 0.5) is 0 Å². The van der Waals surface area contributed by atoms with Crippen molar-refractivity contribution < 1.29 is 4.79 Å². The van der Waals surface area contributed by atoms with E-state index in [1.54, 1.807) is 0 Å². The largest absolute Gasteiger partial charge is 0.348 e. The molecule has 18 heavy (non-hydrogen) atoms. The first kappa shape index (κ1) is 20.3. The second kappa shape index (κ2) is 8.97. The number of hydrogen-bond acceptors (Lipinski definition) is 3. The third-order valence-corrected chi connectivity index (χ3v) is 3.63. The molecule has 0 aliphatic heterocycles. The maximum absolute atomic E-state index is 11.9. The first-order valence-electron chi connectivity index (χ1n) is 6.20. The molecular weight excluding hydrogens is 273 g/mol. The van der Waals surface area contributed by atoms with Gasteiger partial charge in [0.2, 0.25) is 5.91 Å². The van der Waals surface area contributed by atoms with Gasteiger partial charge < -0.3 is 11.1 Å². The third kappa shape index (κ3) is 5.74. The summed E-state index contributed by atoms with van der Waals surface area (Å²) in [5.74, 6) is 0.101. The predicted molar refractivity (Wildman–Crippen MR) is 80.7 cm³/mol. The van der Waals surface area contributed by atoms with Crippen molar-refractivity contribution in [3.05, 3.63) is 0 Å². The Morgan fingerprint density at radius 1 is 1.33 bits per heavy atom. The molecule has 0 saturated heterocycles. The maximum Gasteiger partial charge on any atom is 0.234 e. The number of halogens is 2. The van der Waals surface area contributed by atoms with Crippen LogP contribution in [0.25, 0.3) is 0 Å². The fourth-order valence-electron chi connectivity index (χ4n) is 2.18. The quantitative estimate of drug-likeness (QED) is 0.810. The van der Waals surface area contributed by atoms with Gasteiger partial charge in [0.1, 0.15) is 0 Å². The molecule has 6 heteroatoms. The number of carbonyl (C=O) groups excluding carboxylic acids is 1. The highest BCUT2D eigenvalue weighted by molar-refractivity contribution is 5.85. The summed E-state index contributed by atoms with van der Waals surface area (Å²) >= 11 is 0. The Morgan fingerprint density at radius 2 is 1.83 bits per heavy atom. The van der Waals surface area contributed by atoms with Crippen LogP contribution in [-0.4, -0.2) is 42.5 Å². The van der Waals surface area contributed by atoms with Crippen molar-refractivity contribution in [2.45, 2.75) is 51.1 Å². The molecule has 4 nitrogen and oxygen atoms in total. The van der Waals surface area contributed by atoms with Gasteiger partial charge in [-0.25, -0.2) is 0 Å². The fraction of sp³-hybridized carbons (Fsp3) is 0.917. The molecule has 0 heterocycles. The Labute approximate surface area is 123 Å². The molecule has 0 aromatic carbocycles. The number of rotatable bonds is 5. The highest BCUT2D eigenvalue weighted by Crippen LogP contribution is 2.28. The number of amides is 1. The van der Waals surface area contributed by atoms with Crippen molar-refractivity contribution in [1.82, 2.24) is 10.2 Å². The van der Waals surface area contributed by atoms with Crippen LogP contribution in [0.15, 0.2) is 0 Å². The van der Waals surface area contributed by atoms with Crippen molar-refractivity contribution >= 4 is 30.7 Å². The summed E-state index contributed by atoms with van der Waals surface area (Å²) in [7, 11) is 1.97. The molecule has 1 fully saturated rings. The lowest BCUT2D eigenvalue weighted by atomic mass is 9.98. The van der Waals surface area contributed by atoms with Crippen molar-refractivity contribution in [2.24, 2.45) is 5.73 Å². The van der Waals surface area contributed by atoms with E-state index in [1.807, 2.05) is 11.9 Å². The van der Waals surface area contributed by atoms with Gasteiger partial charge in [0.05, 0.1) is 12.1 Å². The van der Waals surface area contributed by atoms with Crippen LogP contribution < -0.4 is 11.1 Å². The van der Waals surface area contributed by atoms with E-state index in [1.165, 1.54) is 12.8 Å². The van der Waals surface area contributed by atoms with Crippen LogP contribution in [-0.2, 0) is 4.79 Å². The van der Waals surface area contributed by atoms with E-state index in [-0.39, 0.29) is 36.3 Å². The van der Waals surface area contributed by atoms with Crippen LogP contribution >= 0.6 is 24.8 Å². The molecule has 1 saturated carbocycles. The molecule has 0 aromatic heterocycles. The second-order valence-corrected chi connectivity index (χ2v) is 5.25. The lowest BCUT2D eigenvalue weighted by Crippen LogP contribution is -2.54. The number of nitrogens with one attached hydrogen (secondary N) is 1. The Morgan fingerprint density at radius 3 is 2.22 bits per heavy atom. The predicted octanol–water partition coefficient (Wildman–Crippen LogP) is 1.56. The van der Waals surface area contributed by atoms with Crippen molar-refractivity contribution in [3.63, 3.8) is 0 Å². The molecule has 110 valence electrons. The molecule has 1 aliphatic carbocycles. The number of nitrogens with two attached hydrogens (primary N) is 1. The molecule has 1 amide bonds. The van der Waals surface area contributed by atoms with Crippen molar-refractivity contribution in [1.29, 1.82) is 0 Å². The molecule has 0 radical (unpaired) electrons. The molecule has 0 atom stereocenters. The molecule has 1 rings (SSSR count). The zero-order valence-electron chi connectivity index (χ0n) is 11.6. The van der Waals surface area contributed by atoms with E-state index in [0.29, 0.717) is 19.1 Å². The minimum atomic E-state index is -0.116. The minimum Gasteiger partial charge on any atom is -0.348 e. The van der Waals surface area contributed by atoms with E-state index < -0.39 is 0 Å². The maximum atomic E-state index is 11.9. The number of hydrogen-bond donors (Lipinski definition) is 2. The lowest BCUT2D eigenvalue weighted by molar-refractivity contribution is -0.124. The summed E-state index contributed by atoms with van der Waals surface area (Å²) < 4.78 is 0. The van der Waals surface area contributed by atoms with Crippen LogP contribution in [0, 0.1) is 0 Å². The second-order valence-electron chi connectivity index (χ2n) is 5.25. The van der Waals surface area contributed by atoms with E-state index in [0.717, 1.165) is 12.8 Å². The van der Waals surface area contributed by atoms with E-state index in [4.69, 9.17) is 5.73 Å². The Kier molecular flexibility index (Phi) is 10.1. The lowest BCUT2D eigenvalue weighted by Gasteiger charge is -2.30. The van der Waals surface area contributed by atoms with Crippen LogP contribution in [0.5, 0.6) is 0 Å². The number of nitrogens with zero attached hydrogens (tertiary/aromatic N) is 1. The van der Waals surface area contributed by atoms with E-state index in [2.05, 4.69) is 19.2 Å². The highest BCUT2D eigenvalue weighted by atomic mass is 35.5. The average molecular weight is 300 g/mol. The zero-order chi connectivity index (χ0) is 12.2. The standard InChI is InChI=1S/C12H25N3O.2ClH/c1-10(2)15(3)8-11(16)14-12(9-13)6-4-5-7-12;;/h10H,4-9,13H2,1-3H3,(H,14,16);2*1H. The Bertz CT molecular complexity index is 243. The third-order valence-electron chi connectivity index (χ3n) is 3.63. The summed E-state index contributed by atoms with van der Waals surface area (Å²) in [5.41, 5.74) is 5.66. The van der Waals surface area contributed by atoms with Gasteiger partial charge in [0.15, 0.2) is 0 Å². The number of likely N-dealkylation sites (N-methyl/N-ethyl adjacent to an activating group) is 1. The van der Waals surface area contributed by atoms with Gasteiger partial charge in [0, 0.05) is 12.6 Å². The van der Waals surface area contributed by atoms with Crippen molar-refractivity contribution in [3.8, 4) is 0 Å². The smallest absolute Gasteiger partial charge is 0.234 e. The topological polar surface area (TPSA) is 58.4 Å². The monoisotopic (exact) mass is 299 g/mol. The summed E-state index contributed by atoms with van der Waals surface area (Å²) in [6.07, 6.45) is 4.41. The zero-order valence-corrected chi connectivity index (χ0v) is 13.2. The minimum absolute atomic E-state index is 0. The normalized spacial score (nSPS) is 17.2. The first-order valence-corrected chi connectivity index (χ1v) is 6.20. The molecular formula is C12H27Cl2N3O. The van der Waals surface area contributed by atoms with Gasteiger partial charge in [-0.2, -0.15) is 0 Å². The summed E-state index contributed by atoms with van der Waals surface area (Å²) in [5, 5.41) is 3.12. The molecule has 0 unspecified atom stereocenters.